The van der Waals surface area contributed by atoms with E-state index in [9.17, 15) is 18.0 Å². The van der Waals surface area contributed by atoms with Crippen LogP contribution in [0.3, 0.4) is 0 Å². The Balaban J connectivity index is 1.53. The Labute approximate surface area is 216 Å². The molecule has 1 atom stereocenters. The zero-order chi connectivity index (χ0) is 26.2. The van der Waals surface area contributed by atoms with Crippen LogP contribution in [-0.2, 0) is 12.6 Å². The molecule has 37 heavy (non-hydrogen) atoms. The molecule has 0 spiro atoms. The number of fused-ring (bicyclic) bond motifs is 1. The summed E-state index contributed by atoms with van der Waals surface area (Å²) in [6.07, 6.45) is -3.80. The molecule has 4 aromatic rings. The van der Waals surface area contributed by atoms with Crippen LogP contribution in [0.25, 0.3) is 10.4 Å². The van der Waals surface area contributed by atoms with Gasteiger partial charge in [-0.1, -0.05) is 42.5 Å². The molecule has 0 radical (unpaired) electrons. The Kier molecular flexibility index (Phi) is 6.69. The molecule has 0 aliphatic carbocycles. The lowest BCUT2D eigenvalue weighted by Gasteiger charge is -2.38. The second-order valence-electron chi connectivity index (χ2n) is 8.71. The summed E-state index contributed by atoms with van der Waals surface area (Å²) >= 11 is 1.20. The molecule has 0 N–H and O–H groups in total. The number of hydrogen-bond donors (Lipinski definition) is 0. The molecule has 0 bridgehead atoms. The summed E-state index contributed by atoms with van der Waals surface area (Å²) in [6, 6.07) is 21.9. The first-order valence-electron chi connectivity index (χ1n) is 11.7. The van der Waals surface area contributed by atoms with Gasteiger partial charge in [0.25, 0.3) is 5.91 Å². The highest BCUT2D eigenvalue weighted by atomic mass is 32.1. The molecule has 1 aliphatic rings. The van der Waals surface area contributed by atoms with Gasteiger partial charge in [0.1, 0.15) is 0 Å². The summed E-state index contributed by atoms with van der Waals surface area (Å²) in [5.74, 6) is 1.05. The highest BCUT2D eigenvalue weighted by Gasteiger charge is 2.35. The highest BCUT2D eigenvalue weighted by Crippen LogP contribution is 2.42. The lowest BCUT2D eigenvalue weighted by Crippen LogP contribution is -2.40. The van der Waals surface area contributed by atoms with Gasteiger partial charge in [-0.3, -0.25) is 4.79 Å². The molecule has 190 valence electrons. The minimum atomic E-state index is -4.43. The molecule has 1 amide bonds. The van der Waals surface area contributed by atoms with Crippen molar-refractivity contribution < 1.29 is 27.4 Å². The smallest absolute Gasteiger partial charge is 0.416 e. The van der Waals surface area contributed by atoms with E-state index in [0.717, 1.165) is 28.8 Å². The summed E-state index contributed by atoms with van der Waals surface area (Å²) in [5.41, 5.74) is 2.70. The third-order valence-electron chi connectivity index (χ3n) is 6.54. The molecule has 2 heterocycles. The van der Waals surface area contributed by atoms with Crippen LogP contribution in [0.15, 0.2) is 78.9 Å². The first kappa shape index (κ1) is 24.9. The maximum atomic E-state index is 13.8. The van der Waals surface area contributed by atoms with Gasteiger partial charge in [-0.25, -0.2) is 0 Å². The van der Waals surface area contributed by atoms with E-state index in [1.807, 2.05) is 47.4 Å². The number of halogens is 3. The summed E-state index contributed by atoms with van der Waals surface area (Å²) in [4.78, 5) is 16.7. The van der Waals surface area contributed by atoms with Crippen molar-refractivity contribution in [2.45, 2.75) is 18.6 Å². The molecular formula is C29H24F3NO3S. The minimum absolute atomic E-state index is 0.169. The van der Waals surface area contributed by atoms with E-state index < -0.39 is 11.7 Å². The molecular weight excluding hydrogens is 499 g/mol. The average molecular weight is 524 g/mol. The molecule has 0 fully saturated rings. The van der Waals surface area contributed by atoms with Crippen LogP contribution >= 0.6 is 11.3 Å². The summed E-state index contributed by atoms with van der Waals surface area (Å²) in [7, 11) is 3.17. The Morgan fingerprint density at radius 2 is 1.65 bits per heavy atom. The molecule has 0 saturated heterocycles. The second kappa shape index (κ2) is 9.94. The number of benzene rings is 3. The van der Waals surface area contributed by atoms with Crippen molar-refractivity contribution in [3.05, 3.63) is 106 Å². The maximum absolute atomic E-state index is 13.8. The van der Waals surface area contributed by atoms with E-state index in [2.05, 4.69) is 0 Å². The fraction of sp³-hybridized carbons (Fsp3) is 0.207. The minimum Gasteiger partial charge on any atom is -0.493 e. The molecule has 5 rings (SSSR count). The van der Waals surface area contributed by atoms with E-state index in [4.69, 9.17) is 9.47 Å². The van der Waals surface area contributed by atoms with Gasteiger partial charge in [0.2, 0.25) is 0 Å². The van der Waals surface area contributed by atoms with Crippen molar-refractivity contribution in [2.24, 2.45) is 0 Å². The zero-order valence-corrected chi connectivity index (χ0v) is 21.0. The summed E-state index contributed by atoms with van der Waals surface area (Å²) in [6.45, 7) is 0.484. The van der Waals surface area contributed by atoms with Crippen LogP contribution in [0.5, 0.6) is 11.5 Å². The van der Waals surface area contributed by atoms with Gasteiger partial charge in [-0.2, -0.15) is 13.2 Å². The van der Waals surface area contributed by atoms with Crippen LogP contribution in [-0.4, -0.2) is 31.6 Å². The fourth-order valence-corrected chi connectivity index (χ4v) is 5.72. The van der Waals surface area contributed by atoms with Crippen LogP contribution in [0, 0.1) is 0 Å². The highest BCUT2D eigenvalue weighted by molar-refractivity contribution is 7.17. The number of amides is 1. The van der Waals surface area contributed by atoms with Gasteiger partial charge in [0.05, 0.1) is 30.7 Å². The van der Waals surface area contributed by atoms with Crippen molar-refractivity contribution in [1.29, 1.82) is 0 Å². The van der Waals surface area contributed by atoms with E-state index in [0.29, 0.717) is 39.8 Å². The van der Waals surface area contributed by atoms with E-state index in [-0.39, 0.29) is 11.9 Å². The van der Waals surface area contributed by atoms with Gasteiger partial charge in [0, 0.05) is 11.4 Å². The molecule has 3 aromatic carbocycles. The van der Waals surface area contributed by atoms with Crippen LogP contribution in [0.4, 0.5) is 13.2 Å². The summed E-state index contributed by atoms with van der Waals surface area (Å²) in [5, 5.41) is 0. The monoisotopic (exact) mass is 523 g/mol. The lowest BCUT2D eigenvalue weighted by molar-refractivity contribution is -0.137. The number of nitrogens with zero attached hydrogens (tertiary/aromatic N) is 1. The predicted octanol–water partition coefficient (Wildman–Crippen LogP) is 7.24. The van der Waals surface area contributed by atoms with Gasteiger partial charge in [0.15, 0.2) is 11.5 Å². The van der Waals surface area contributed by atoms with Crippen molar-refractivity contribution in [1.82, 2.24) is 4.90 Å². The van der Waals surface area contributed by atoms with E-state index in [1.54, 1.807) is 32.4 Å². The van der Waals surface area contributed by atoms with Gasteiger partial charge >= 0.3 is 6.18 Å². The average Bonchev–Trinajstić information content (AvgIpc) is 3.42. The van der Waals surface area contributed by atoms with Crippen LogP contribution in [0.2, 0.25) is 0 Å². The standard InChI is InChI=1S/C29H24F3NO3S/c1-35-23-16-19-13-14-33(27(18-7-4-3-5-8-18)22(19)17-24(23)36-2)28(34)26-12-11-25(37-26)20-9-6-10-21(15-20)29(30,31)32/h3-12,15-17,27H,13-14H2,1-2H3. The predicted molar refractivity (Wildman–Crippen MR) is 137 cm³/mol. The second-order valence-corrected chi connectivity index (χ2v) is 9.79. The number of ether oxygens (including phenoxy) is 2. The van der Waals surface area contributed by atoms with Crippen molar-refractivity contribution in [2.75, 3.05) is 20.8 Å². The largest absolute Gasteiger partial charge is 0.493 e. The number of alkyl halides is 3. The Morgan fingerprint density at radius 3 is 2.35 bits per heavy atom. The Morgan fingerprint density at radius 1 is 0.919 bits per heavy atom. The quantitative estimate of drug-likeness (QED) is 0.277. The molecule has 1 aliphatic heterocycles. The van der Waals surface area contributed by atoms with Crippen molar-refractivity contribution in [3.63, 3.8) is 0 Å². The van der Waals surface area contributed by atoms with Gasteiger partial charge < -0.3 is 14.4 Å². The molecule has 0 saturated carbocycles. The van der Waals surface area contributed by atoms with E-state index >= 15 is 0 Å². The number of carbonyl (C=O) groups excluding carboxylic acids is 1. The Hall–Kier alpha value is -3.78. The third kappa shape index (κ3) is 4.81. The number of rotatable bonds is 5. The topological polar surface area (TPSA) is 38.8 Å². The van der Waals surface area contributed by atoms with Crippen LogP contribution < -0.4 is 9.47 Å². The van der Waals surface area contributed by atoms with Crippen LogP contribution in [0.1, 0.15) is 38.0 Å². The first-order chi connectivity index (χ1) is 17.8. The molecule has 8 heteroatoms. The molecule has 1 unspecified atom stereocenters. The first-order valence-corrected chi connectivity index (χ1v) is 12.5. The number of hydrogen-bond acceptors (Lipinski definition) is 4. The SMILES string of the molecule is COc1cc2c(cc1OC)C(c1ccccc1)N(C(=O)c1ccc(-c3cccc(C(F)(F)F)c3)s1)CC2. The maximum Gasteiger partial charge on any atom is 0.416 e. The zero-order valence-electron chi connectivity index (χ0n) is 20.2. The number of thiophene rings is 1. The number of carbonyl (C=O) groups is 1. The molecule has 4 nitrogen and oxygen atoms in total. The normalized spacial score (nSPS) is 15.3. The third-order valence-corrected chi connectivity index (χ3v) is 7.66. The van der Waals surface area contributed by atoms with Crippen molar-refractivity contribution >= 4 is 17.2 Å². The van der Waals surface area contributed by atoms with Gasteiger partial charge in [-0.15, -0.1) is 11.3 Å². The van der Waals surface area contributed by atoms with Gasteiger partial charge in [-0.05, 0) is 65.1 Å². The molecule has 1 aromatic heterocycles. The lowest BCUT2D eigenvalue weighted by atomic mass is 9.87. The Bertz CT molecular complexity index is 1430. The summed E-state index contributed by atoms with van der Waals surface area (Å²) < 4.78 is 50.7. The fourth-order valence-electron chi connectivity index (χ4n) is 4.76. The number of methoxy groups -OCH3 is 2. The van der Waals surface area contributed by atoms with E-state index in [1.165, 1.54) is 17.4 Å². The van der Waals surface area contributed by atoms with Crippen molar-refractivity contribution in [3.8, 4) is 21.9 Å².